The van der Waals surface area contributed by atoms with Gasteiger partial charge in [-0.3, -0.25) is 9.59 Å². The molecule has 1 aromatic heterocycles. The summed E-state index contributed by atoms with van der Waals surface area (Å²) in [5.74, 6) is -1.20. The largest absolute Gasteiger partial charge is 0.481 e. The number of rotatable bonds is 5. The van der Waals surface area contributed by atoms with Crippen molar-refractivity contribution in [3.8, 4) is 10.4 Å². The van der Waals surface area contributed by atoms with E-state index in [4.69, 9.17) is 34.8 Å². The summed E-state index contributed by atoms with van der Waals surface area (Å²) in [5, 5.41) is 10.4. The average molecular weight is 426 g/mol. The number of hydrogen-bond acceptors (Lipinski definition) is 3. The molecule has 0 bridgehead atoms. The first-order chi connectivity index (χ1) is 12.3. The van der Waals surface area contributed by atoms with Crippen LogP contribution in [0.2, 0.25) is 15.1 Å². The fourth-order valence-electron chi connectivity index (χ4n) is 2.46. The SMILES string of the molecule is O=C(O)Cc1cc(C(=O)c2ccc(Cl)c(Cl)c2)sc1-c1ccc(Cl)cc1. The second kappa shape index (κ2) is 7.80. The maximum Gasteiger partial charge on any atom is 0.307 e. The Hall–Kier alpha value is -1.85. The van der Waals surface area contributed by atoms with Crippen LogP contribution in [0, 0.1) is 0 Å². The van der Waals surface area contributed by atoms with Gasteiger partial charge >= 0.3 is 5.97 Å². The molecule has 0 aliphatic heterocycles. The van der Waals surface area contributed by atoms with Gasteiger partial charge in [-0.15, -0.1) is 11.3 Å². The first-order valence-electron chi connectivity index (χ1n) is 7.45. The van der Waals surface area contributed by atoms with Crippen LogP contribution >= 0.6 is 46.1 Å². The number of halogens is 3. The topological polar surface area (TPSA) is 54.4 Å². The molecule has 1 N–H and O–H groups in total. The summed E-state index contributed by atoms with van der Waals surface area (Å²) >= 11 is 19.0. The molecule has 0 spiro atoms. The summed E-state index contributed by atoms with van der Waals surface area (Å²) in [7, 11) is 0. The fraction of sp³-hybridized carbons (Fsp3) is 0.0526. The molecule has 0 aliphatic carbocycles. The number of aliphatic carboxylic acids is 1. The fourth-order valence-corrected chi connectivity index (χ4v) is 4.03. The maximum atomic E-state index is 12.8. The Morgan fingerprint density at radius 3 is 2.23 bits per heavy atom. The van der Waals surface area contributed by atoms with Crippen LogP contribution in [0.15, 0.2) is 48.5 Å². The highest BCUT2D eigenvalue weighted by Crippen LogP contribution is 2.35. The predicted molar refractivity (Wildman–Crippen MR) is 106 cm³/mol. The summed E-state index contributed by atoms with van der Waals surface area (Å²) in [6, 6.07) is 13.3. The molecule has 0 fully saturated rings. The molecule has 0 atom stereocenters. The van der Waals surface area contributed by atoms with Crippen LogP contribution in [0.25, 0.3) is 10.4 Å². The molecule has 0 aliphatic rings. The van der Waals surface area contributed by atoms with E-state index in [1.54, 1.807) is 42.5 Å². The first-order valence-corrected chi connectivity index (χ1v) is 9.40. The summed E-state index contributed by atoms with van der Waals surface area (Å²) in [5.41, 5.74) is 1.78. The monoisotopic (exact) mass is 424 g/mol. The molecule has 0 unspecified atom stereocenters. The van der Waals surface area contributed by atoms with Crippen LogP contribution in [0.4, 0.5) is 0 Å². The molecular weight excluding hydrogens is 415 g/mol. The average Bonchev–Trinajstić information content (AvgIpc) is 3.00. The summed E-state index contributed by atoms with van der Waals surface area (Å²) in [6.45, 7) is 0. The third kappa shape index (κ3) is 4.10. The van der Waals surface area contributed by atoms with Gasteiger partial charge in [-0.05, 0) is 47.5 Å². The lowest BCUT2D eigenvalue weighted by atomic mass is 10.1. The Labute approximate surface area is 168 Å². The van der Waals surface area contributed by atoms with Gasteiger partial charge in [0, 0.05) is 15.5 Å². The van der Waals surface area contributed by atoms with Crippen LogP contribution in [-0.4, -0.2) is 16.9 Å². The minimum atomic E-state index is -0.966. The zero-order valence-corrected chi connectivity index (χ0v) is 16.2. The number of ketones is 1. The van der Waals surface area contributed by atoms with Gasteiger partial charge in [0.1, 0.15) is 0 Å². The third-order valence-corrected chi connectivity index (χ3v) is 5.88. The van der Waals surface area contributed by atoms with Crippen molar-refractivity contribution in [2.75, 3.05) is 0 Å². The van der Waals surface area contributed by atoms with E-state index < -0.39 is 5.97 Å². The smallest absolute Gasteiger partial charge is 0.307 e. The van der Waals surface area contributed by atoms with Crippen molar-refractivity contribution >= 4 is 57.9 Å². The Kier molecular flexibility index (Phi) is 5.68. The van der Waals surface area contributed by atoms with E-state index in [0.29, 0.717) is 26.0 Å². The molecular formula is C19H11Cl3O3S. The van der Waals surface area contributed by atoms with E-state index >= 15 is 0 Å². The van der Waals surface area contributed by atoms with Gasteiger partial charge in [-0.1, -0.05) is 46.9 Å². The van der Waals surface area contributed by atoms with E-state index in [2.05, 4.69) is 0 Å². The molecule has 132 valence electrons. The Balaban J connectivity index is 2.05. The number of carbonyl (C=O) groups excluding carboxylic acids is 1. The van der Waals surface area contributed by atoms with E-state index in [9.17, 15) is 14.7 Å². The number of carboxylic acids is 1. The standard InChI is InChI=1S/C19H11Cl3O3S/c20-13-4-1-10(2-5-13)19-12(9-17(23)24)8-16(26-19)18(25)11-3-6-14(21)15(22)7-11/h1-8H,9H2,(H,23,24). The third-order valence-electron chi connectivity index (χ3n) is 3.66. The van der Waals surface area contributed by atoms with Crippen LogP contribution in [0.1, 0.15) is 20.8 Å². The molecule has 0 saturated carbocycles. The van der Waals surface area contributed by atoms with Gasteiger partial charge in [-0.25, -0.2) is 0 Å². The highest BCUT2D eigenvalue weighted by molar-refractivity contribution is 7.17. The van der Waals surface area contributed by atoms with E-state index in [-0.39, 0.29) is 17.2 Å². The number of hydrogen-bond donors (Lipinski definition) is 1. The molecule has 3 aromatic rings. The predicted octanol–water partition coefficient (Wildman–Crippen LogP) is 6.23. The van der Waals surface area contributed by atoms with Crippen LogP contribution in [0.5, 0.6) is 0 Å². The molecule has 3 rings (SSSR count). The highest BCUT2D eigenvalue weighted by Gasteiger charge is 2.19. The summed E-state index contributed by atoms with van der Waals surface area (Å²) in [6.07, 6.45) is -0.177. The number of benzene rings is 2. The van der Waals surface area contributed by atoms with Gasteiger partial charge in [0.05, 0.1) is 21.3 Å². The van der Waals surface area contributed by atoms with Crippen LogP contribution in [-0.2, 0) is 11.2 Å². The van der Waals surface area contributed by atoms with E-state index in [0.717, 1.165) is 10.4 Å². The lowest BCUT2D eigenvalue weighted by Crippen LogP contribution is -2.01. The van der Waals surface area contributed by atoms with Crippen LogP contribution < -0.4 is 0 Å². The minimum Gasteiger partial charge on any atom is -0.481 e. The molecule has 2 aromatic carbocycles. The van der Waals surface area contributed by atoms with Gasteiger partial charge in [-0.2, -0.15) is 0 Å². The van der Waals surface area contributed by atoms with Gasteiger partial charge in [0.2, 0.25) is 5.78 Å². The quantitative estimate of drug-likeness (QED) is 0.493. The number of carboxylic acid groups (broad SMARTS) is 1. The maximum absolute atomic E-state index is 12.8. The Bertz CT molecular complexity index is 994. The molecule has 26 heavy (non-hydrogen) atoms. The van der Waals surface area contributed by atoms with Crippen molar-refractivity contribution in [2.45, 2.75) is 6.42 Å². The minimum absolute atomic E-state index is 0.177. The Morgan fingerprint density at radius 2 is 1.62 bits per heavy atom. The van der Waals surface area contributed by atoms with E-state index in [1.165, 1.54) is 17.4 Å². The van der Waals surface area contributed by atoms with Crippen molar-refractivity contribution in [1.29, 1.82) is 0 Å². The van der Waals surface area contributed by atoms with Crippen LogP contribution in [0.3, 0.4) is 0 Å². The van der Waals surface area contributed by atoms with Crippen molar-refractivity contribution in [2.24, 2.45) is 0 Å². The van der Waals surface area contributed by atoms with Crippen molar-refractivity contribution in [3.63, 3.8) is 0 Å². The van der Waals surface area contributed by atoms with Gasteiger partial charge in [0.25, 0.3) is 0 Å². The van der Waals surface area contributed by atoms with Crippen molar-refractivity contribution in [1.82, 2.24) is 0 Å². The highest BCUT2D eigenvalue weighted by atomic mass is 35.5. The summed E-state index contributed by atoms with van der Waals surface area (Å²) < 4.78 is 0. The molecule has 0 amide bonds. The number of thiophene rings is 1. The van der Waals surface area contributed by atoms with E-state index in [1.807, 2.05) is 0 Å². The molecule has 0 radical (unpaired) electrons. The molecule has 3 nitrogen and oxygen atoms in total. The lowest BCUT2D eigenvalue weighted by Gasteiger charge is -2.02. The van der Waals surface area contributed by atoms with Crippen molar-refractivity contribution < 1.29 is 14.7 Å². The summed E-state index contributed by atoms with van der Waals surface area (Å²) in [4.78, 5) is 25.2. The normalized spacial score (nSPS) is 10.7. The molecule has 7 heteroatoms. The second-order valence-corrected chi connectivity index (χ2v) is 7.80. The van der Waals surface area contributed by atoms with Crippen molar-refractivity contribution in [3.05, 3.63) is 79.6 Å². The Morgan fingerprint density at radius 1 is 0.923 bits per heavy atom. The second-order valence-electron chi connectivity index (χ2n) is 5.50. The zero-order chi connectivity index (χ0) is 18.8. The van der Waals surface area contributed by atoms with Gasteiger partial charge in [0.15, 0.2) is 0 Å². The lowest BCUT2D eigenvalue weighted by molar-refractivity contribution is -0.136. The number of carbonyl (C=O) groups is 2. The van der Waals surface area contributed by atoms with Gasteiger partial charge < -0.3 is 5.11 Å². The first kappa shape index (κ1) is 18.9. The zero-order valence-electron chi connectivity index (χ0n) is 13.1. The molecule has 1 heterocycles. The molecule has 0 saturated heterocycles.